The number of tetrazole rings is 1. The summed E-state index contributed by atoms with van der Waals surface area (Å²) in [7, 11) is 0. The van der Waals surface area contributed by atoms with Crippen LogP contribution in [0.15, 0.2) is 73.1 Å². The van der Waals surface area contributed by atoms with Crippen LogP contribution in [0.4, 0.5) is 5.69 Å². The summed E-state index contributed by atoms with van der Waals surface area (Å²) in [4.78, 5) is 55.1. The van der Waals surface area contributed by atoms with Gasteiger partial charge in [-0.05, 0) is 89.2 Å². The van der Waals surface area contributed by atoms with E-state index in [1.165, 1.54) is 15.9 Å². The summed E-state index contributed by atoms with van der Waals surface area (Å²) in [6.07, 6.45) is 2.91. The molecule has 0 radical (unpaired) electrons. The van der Waals surface area contributed by atoms with Gasteiger partial charge in [-0.25, -0.2) is 4.68 Å². The van der Waals surface area contributed by atoms with Gasteiger partial charge in [0.15, 0.2) is 0 Å². The number of nitriles is 1. The van der Waals surface area contributed by atoms with Crippen molar-refractivity contribution in [2.75, 3.05) is 31.6 Å². The lowest BCUT2D eigenvalue weighted by atomic mass is 9.49. The molecule has 66 heavy (non-hydrogen) atoms. The number of hydrogen-bond acceptors (Lipinski definition) is 12. The van der Waals surface area contributed by atoms with Gasteiger partial charge in [0.05, 0.1) is 22.4 Å². The Morgan fingerprint density at radius 1 is 0.985 bits per heavy atom. The average Bonchev–Trinajstić information content (AvgIpc) is 3.97. The Bertz CT molecular complexity index is 2350. The lowest BCUT2D eigenvalue weighted by Gasteiger charge is -2.63. The molecule has 5 N–H and O–H groups in total. The molecule has 0 spiro atoms. The third-order valence-corrected chi connectivity index (χ3v) is 12.7. The van der Waals surface area contributed by atoms with Gasteiger partial charge in [0.2, 0.25) is 17.7 Å². The molecule has 17 nitrogen and oxygen atoms in total. The predicted octanol–water partition coefficient (Wildman–Crippen LogP) is 5.21. The summed E-state index contributed by atoms with van der Waals surface area (Å²) in [6, 6.07) is 19.8. The predicted molar refractivity (Wildman–Crippen MR) is 248 cm³/mol. The summed E-state index contributed by atoms with van der Waals surface area (Å²) in [5.74, 6) is -0.878. The molecule has 1 aliphatic carbocycles. The molecule has 0 bridgehead atoms. The van der Waals surface area contributed by atoms with E-state index in [4.69, 9.17) is 21.1 Å². The number of halogens is 1. The van der Waals surface area contributed by atoms with E-state index >= 15 is 0 Å². The first-order valence-corrected chi connectivity index (χ1v) is 22.6. The van der Waals surface area contributed by atoms with E-state index in [0.29, 0.717) is 35.1 Å². The van der Waals surface area contributed by atoms with Crippen LogP contribution >= 0.6 is 11.6 Å². The van der Waals surface area contributed by atoms with Crippen molar-refractivity contribution in [3.63, 3.8) is 0 Å². The average molecular weight is 926 g/mol. The second kappa shape index (κ2) is 21.0. The Morgan fingerprint density at radius 2 is 1.70 bits per heavy atom. The number of carbonyl (C=O) groups excluding carboxylic acids is 4. The fraction of sp³-hybridized carbons (Fsp3) is 0.500. The van der Waals surface area contributed by atoms with Crippen molar-refractivity contribution in [1.29, 1.82) is 5.26 Å². The summed E-state index contributed by atoms with van der Waals surface area (Å²) in [6.45, 7) is 14.8. The molecule has 1 saturated carbocycles. The van der Waals surface area contributed by atoms with Crippen molar-refractivity contribution in [3.05, 3.63) is 94.8 Å². The van der Waals surface area contributed by atoms with Gasteiger partial charge in [0.25, 0.3) is 5.91 Å². The number of carbonyl (C=O) groups is 4. The monoisotopic (exact) mass is 924 g/mol. The molecule has 3 aromatic carbocycles. The molecule has 4 aromatic rings. The number of ether oxygens (including phenoxy) is 2. The number of aliphatic hydroxyl groups excluding tert-OH is 1. The maximum Gasteiger partial charge on any atom is 0.251 e. The normalized spacial score (nSPS) is 20.0. The largest absolute Gasteiger partial charge is 0.489 e. The number of hydrogen-bond donors (Lipinski definition) is 5. The van der Waals surface area contributed by atoms with E-state index in [2.05, 4.69) is 70.6 Å². The Hall–Kier alpha value is -6.09. The van der Waals surface area contributed by atoms with E-state index < -0.39 is 41.3 Å². The highest BCUT2D eigenvalue weighted by molar-refractivity contribution is 6.31. The van der Waals surface area contributed by atoms with Crippen molar-refractivity contribution < 1.29 is 33.8 Å². The molecular formula is C48H61ClN10O7. The van der Waals surface area contributed by atoms with Gasteiger partial charge in [-0.3, -0.25) is 19.2 Å². The van der Waals surface area contributed by atoms with E-state index in [9.17, 15) is 29.5 Å². The van der Waals surface area contributed by atoms with Gasteiger partial charge >= 0.3 is 0 Å². The Kier molecular flexibility index (Phi) is 15.7. The van der Waals surface area contributed by atoms with Crippen LogP contribution in [0.5, 0.6) is 5.75 Å². The molecule has 352 valence electrons. The molecule has 2 fully saturated rings. The molecule has 1 aliphatic heterocycles. The Morgan fingerprint density at radius 3 is 2.33 bits per heavy atom. The topological polar surface area (TPSA) is 226 Å². The number of β-amino-alcohol motifs (C(OH)–C–C–N with tert-alkyl or cyclic N) is 1. The van der Waals surface area contributed by atoms with E-state index in [0.717, 1.165) is 36.2 Å². The van der Waals surface area contributed by atoms with Crippen LogP contribution in [0.1, 0.15) is 95.6 Å². The maximum atomic E-state index is 13.9. The molecule has 3 atom stereocenters. The first-order chi connectivity index (χ1) is 31.3. The molecule has 2 heterocycles. The van der Waals surface area contributed by atoms with Crippen molar-refractivity contribution in [2.45, 2.75) is 111 Å². The fourth-order valence-electron chi connectivity index (χ4n) is 9.13. The zero-order valence-corrected chi connectivity index (χ0v) is 39.4. The lowest BCUT2D eigenvalue weighted by molar-refractivity contribution is -0.164. The molecule has 0 unspecified atom stereocenters. The first-order valence-electron chi connectivity index (χ1n) is 22.3. The molecule has 6 rings (SSSR count). The van der Waals surface area contributed by atoms with Gasteiger partial charge < -0.3 is 40.7 Å². The van der Waals surface area contributed by atoms with Crippen molar-refractivity contribution in [2.24, 2.45) is 16.2 Å². The van der Waals surface area contributed by atoms with Crippen LogP contribution in [-0.4, -0.2) is 110 Å². The minimum absolute atomic E-state index is 0.0240. The third-order valence-electron chi connectivity index (χ3n) is 12.4. The van der Waals surface area contributed by atoms with Gasteiger partial charge in [0, 0.05) is 66.9 Å². The molecule has 1 aromatic heterocycles. The number of amides is 4. The van der Waals surface area contributed by atoms with Crippen molar-refractivity contribution in [1.82, 2.24) is 41.1 Å². The highest BCUT2D eigenvalue weighted by Gasteiger charge is 2.64. The fourth-order valence-corrected chi connectivity index (χ4v) is 9.34. The second-order valence-corrected chi connectivity index (χ2v) is 19.7. The van der Waals surface area contributed by atoms with Gasteiger partial charge in [-0.2, -0.15) is 5.26 Å². The maximum absolute atomic E-state index is 13.9. The molecule has 1 saturated heterocycles. The number of anilines is 1. The number of rotatable bonds is 19. The van der Waals surface area contributed by atoms with Crippen molar-refractivity contribution >= 4 is 40.9 Å². The number of benzene rings is 3. The van der Waals surface area contributed by atoms with E-state index in [1.807, 2.05) is 57.2 Å². The van der Waals surface area contributed by atoms with Crippen LogP contribution in [0, 0.1) is 27.6 Å². The molecular weight excluding hydrogens is 864 g/mol. The summed E-state index contributed by atoms with van der Waals surface area (Å²) in [5, 5.41) is 43.5. The smallest absolute Gasteiger partial charge is 0.251 e. The number of likely N-dealkylation sites (tertiary alicyclic amines) is 1. The molecule has 4 amide bonds. The number of nitrogens with one attached hydrogen (secondary N) is 4. The summed E-state index contributed by atoms with van der Waals surface area (Å²) in [5.41, 5.74) is 1.96. The quantitative estimate of drug-likeness (QED) is 0.0765. The minimum Gasteiger partial charge on any atom is -0.489 e. The van der Waals surface area contributed by atoms with Crippen LogP contribution in [0.2, 0.25) is 5.02 Å². The zero-order chi connectivity index (χ0) is 47.8. The number of aliphatic hydroxyl groups is 1. The number of aromatic nitrogens is 4. The summed E-state index contributed by atoms with van der Waals surface area (Å²) < 4.78 is 13.5. The molecule has 18 heteroatoms. The van der Waals surface area contributed by atoms with Gasteiger partial charge in [-0.15, -0.1) is 5.10 Å². The van der Waals surface area contributed by atoms with Crippen LogP contribution < -0.4 is 26.0 Å². The number of nitrogens with zero attached hydrogens (tertiary/aromatic N) is 6. The molecule has 2 aliphatic rings. The Labute approximate surface area is 390 Å². The van der Waals surface area contributed by atoms with Gasteiger partial charge in [-0.1, -0.05) is 72.2 Å². The SMILES string of the molecule is CC1(C)C(NC(=O)c2ccc(NCCCCCOCC(=O)N[C@H](C(=O)N3C[C@H](O)C[C@H]3C(=O)NCc3ccc(-n4cnnn4)cc3)C(C)(C)C)cc2)C(C)(C)C1Oc1ccc(C#N)c(Cl)c1. The van der Waals surface area contributed by atoms with Crippen LogP contribution in [-0.2, 0) is 25.7 Å². The third kappa shape index (κ3) is 11.8. The highest BCUT2D eigenvalue weighted by atomic mass is 35.5. The standard InChI is InChI=1S/C48H61ClN10O7/c1-46(2,3)40(43(64)58-27-35(60)23-38(58)42(63)52-26-30-11-18-34(19-12-30)59-29-53-56-57-59)54-39(61)28-65-22-10-8-9-21-51-33-16-13-31(14-17-33)41(62)55-44-47(4,5)45(48(44,6)7)66-36-20-15-32(25-50)37(49)24-36/h11-20,24,29,35,38,40,44-45,51,60H,8-10,21-23,26-28H2,1-7H3,(H,52,63)(H,54,61)(H,55,62)/t35-,38+,40-,44?,45?/m1/s1. The van der Waals surface area contributed by atoms with E-state index in [-0.39, 0.29) is 55.0 Å². The van der Waals surface area contributed by atoms with Crippen LogP contribution in [0.25, 0.3) is 5.69 Å². The van der Waals surface area contributed by atoms with E-state index in [1.54, 1.807) is 30.3 Å². The zero-order valence-electron chi connectivity index (χ0n) is 38.6. The van der Waals surface area contributed by atoms with Crippen molar-refractivity contribution in [3.8, 4) is 17.5 Å². The van der Waals surface area contributed by atoms with Crippen LogP contribution in [0.3, 0.4) is 0 Å². The Balaban J connectivity index is 0.875. The number of unbranched alkanes of at least 4 members (excludes halogenated alkanes) is 2. The van der Waals surface area contributed by atoms with Gasteiger partial charge in [0.1, 0.15) is 42.9 Å². The highest BCUT2D eigenvalue weighted by Crippen LogP contribution is 2.55. The lowest BCUT2D eigenvalue weighted by Crippen LogP contribution is -2.74. The minimum atomic E-state index is -0.958. The summed E-state index contributed by atoms with van der Waals surface area (Å²) >= 11 is 6.23. The first kappa shape index (κ1) is 49.3. The second-order valence-electron chi connectivity index (χ2n) is 19.3.